The van der Waals surface area contributed by atoms with E-state index in [1.54, 1.807) is 0 Å². The van der Waals surface area contributed by atoms with Gasteiger partial charge in [0.05, 0.1) is 12.5 Å². The Hall–Kier alpha value is -1.39. The zero-order chi connectivity index (χ0) is 19.3. The van der Waals surface area contributed by atoms with E-state index in [4.69, 9.17) is 9.16 Å². The Labute approximate surface area is 154 Å². The summed E-state index contributed by atoms with van der Waals surface area (Å²) in [7, 11) is -1.99. The molecular formula is C21H34O3Si. The summed E-state index contributed by atoms with van der Waals surface area (Å²) < 4.78 is 11.9. The number of rotatable bonds is 6. The highest BCUT2D eigenvalue weighted by atomic mass is 28.4. The molecule has 1 rings (SSSR count). The third-order valence-corrected chi connectivity index (χ3v) is 8.85. The molecule has 0 aliphatic carbocycles. The molecule has 0 aliphatic rings. The second-order valence-electron chi connectivity index (χ2n) is 8.98. The Kier molecular flexibility index (Phi) is 7.21. The molecule has 0 N–H and O–H groups in total. The van der Waals surface area contributed by atoms with Crippen LogP contribution in [0.5, 0.6) is 0 Å². The molecular weight excluding hydrogens is 328 g/mol. The molecule has 25 heavy (non-hydrogen) atoms. The summed E-state index contributed by atoms with van der Waals surface area (Å²) in [5.41, 5.74) is 0.609. The summed E-state index contributed by atoms with van der Waals surface area (Å²) >= 11 is 0. The molecule has 0 radical (unpaired) electrons. The van der Waals surface area contributed by atoms with E-state index in [1.807, 2.05) is 63.3 Å². The zero-order valence-electron chi connectivity index (χ0n) is 17.1. The molecule has 140 valence electrons. The number of carbonyl (C=O) groups is 1. The predicted octanol–water partition coefficient (Wildman–Crippen LogP) is 5.82. The second kappa shape index (κ2) is 8.32. The van der Waals surface area contributed by atoms with Gasteiger partial charge in [-0.1, -0.05) is 63.3 Å². The van der Waals surface area contributed by atoms with E-state index in [2.05, 4.69) is 33.9 Å². The molecule has 0 saturated carbocycles. The lowest BCUT2D eigenvalue weighted by atomic mass is 10.1. The minimum Gasteiger partial charge on any atom is -0.460 e. The lowest BCUT2D eigenvalue weighted by Crippen LogP contribution is -2.44. The smallest absolute Gasteiger partial charge is 0.309 e. The second-order valence-corrected chi connectivity index (χ2v) is 13.7. The fourth-order valence-electron chi connectivity index (χ4n) is 2.03. The van der Waals surface area contributed by atoms with Gasteiger partial charge >= 0.3 is 5.97 Å². The lowest BCUT2D eigenvalue weighted by Gasteiger charge is -2.38. The van der Waals surface area contributed by atoms with E-state index in [9.17, 15) is 4.79 Å². The van der Waals surface area contributed by atoms with Crippen molar-refractivity contribution in [2.24, 2.45) is 0 Å². The molecule has 0 spiro atoms. The van der Waals surface area contributed by atoms with E-state index in [1.165, 1.54) is 0 Å². The first-order valence-corrected chi connectivity index (χ1v) is 11.8. The lowest BCUT2D eigenvalue weighted by molar-refractivity contribution is -0.156. The Balaban J connectivity index is 2.94. The van der Waals surface area contributed by atoms with Gasteiger partial charge in [-0.25, -0.2) is 0 Å². The van der Waals surface area contributed by atoms with E-state index in [-0.39, 0.29) is 23.5 Å². The highest BCUT2D eigenvalue weighted by Crippen LogP contribution is 2.38. The van der Waals surface area contributed by atoms with Crippen LogP contribution in [-0.4, -0.2) is 26.0 Å². The molecule has 0 amide bonds. The van der Waals surface area contributed by atoms with E-state index >= 15 is 0 Å². The summed E-state index contributed by atoms with van der Waals surface area (Å²) in [6.45, 7) is 16.6. The minimum absolute atomic E-state index is 0.0831. The van der Waals surface area contributed by atoms with E-state index < -0.39 is 13.9 Å². The largest absolute Gasteiger partial charge is 0.460 e. The monoisotopic (exact) mass is 362 g/mol. The SMILES string of the molecule is CC(C)(C)OC(=O)CC(/C=C/c1ccccc1)O[Si](C)(C)C(C)(C)C. The molecule has 0 saturated heterocycles. The molecule has 0 bridgehead atoms. The van der Waals surface area contributed by atoms with Crippen molar-refractivity contribution in [2.75, 3.05) is 0 Å². The fourth-order valence-corrected chi connectivity index (χ4v) is 3.31. The number of esters is 1. The summed E-state index contributed by atoms with van der Waals surface area (Å²) in [5, 5.41) is 0.0831. The maximum absolute atomic E-state index is 12.3. The molecule has 0 heterocycles. The van der Waals surface area contributed by atoms with Crippen molar-refractivity contribution < 1.29 is 14.0 Å². The van der Waals surface area contributed by atoms with Crippen LogP contribution in [0.2, 0.25) is 18.1 Å². The van der Waals surface area contributed by atoms with Gasteiger partial charge in [-0.05, 0) is 44.5 Å². The van der Waals surface area contributed by atoms with Crippen LogP contribution < -0.4 is 0 Å². The van der Waals surface area contributed by atoms with Crippen molar-refractivity contribution in [3.8, 4) is 0 Å². The maximum Gasteiger partial charge on any atom is 0.309 e. The summed E-state index contributed by atoms with van der Waals surface area (Å²) in [5.74, 6) is -0.228. The van der Waals surface area contributed by atoms with Crippen LogP contribution in [0, 0.1) is 0 Å². The number of benzene rings is 1. The molecule has 1 aromatic rings. The third kappa shape index (κ3) is 8.02. The van der Waals surface area contributed by atoms with Crippen molar-refractivity contribution in [1.82, 2.24) is 0 Å². The van der Waals surface area contributed by atoms with Crippen molar-refractivity contribution in [3.63, 3.8) is 0 Å². The molecule has 4 heteroatoms. The fraction of sp³-hybridized carbons (Fsp3) is 0.571. The average molecular weight is 363 g/mol. The quantitative estimate of drug-likeness (QED) is 0.472. The van der Waals surface area contributed by atoms with Crippen LogP contribution in [0.25, 0.3) is 6.08 Å². The maximum atomic E-state index is 12.3. The van der Waals surface area contributed by atoms with Crippen molar-refractivity contribution in [3.05, 3.63) is 42.0 Å². The molecule has 1 atom stereocenters. The average Bonchev–Trinajstić information content (AvgIpc) is 2.42. The van der Waals surface area contributed by atoms with Gasteiger partial charge in [-0.2, -0.15) is 0 Å². The third-order valence-electron chi connectivity index (χ3n) is 4.34. The molecule has 1 aromatic carbocycles. The number of hydrogen-bond acceptors (Lipinski definition) is 3. The van der Waals surface area contributed by atoms with Gasteiger partial charge in [0.1, 0.15) is 5.60 Å². The van der Waals surface area contributed by atoms with Crippen LogP contribution >= 0.6 is 0 Å². The van der Waals surface area contributed by atoms with Gasteiger partial charge in [0.2, 0.25) is 0 Å². The van der Waals surface area contributed by atoms with Gasteiger partial charge in [0.15, 0.2) is 8.32 Å². The first-order chi connectivity index (χ1) is 11.3. The van der Waals surface area contributed by atoms with Gasteiger partial charge in [-0.15, -0.1) is 0 Å². The molecule has 3 nitrogen and oxygen atoms in total. The van der Waals surface area contributed by atoms with Gasteiger partial charge in [-0.3, -0.25) is 4.79 Å². The van der Waals surface area contributed by atoms with Crippen LogP contribution in [0.4, 0.5) is 0 Å². The Morgan fingerprint density at radius 1 is 1.08 bits per heavy atom. The van der Waals surface area contributed by atoms with Crippen LogP contribution in [0.15, 0.2) is 36.4 Å². The van der Waals surface area contributed by atoms with Gasteiger partial charge in [0.25, 0.3) is 0 Å². The summed E-state index contributed by atoms with van der Waals surface area (Å²) in [4.78, 5) is 12.3. The molecule has 0 fully saturated rings. The highest BCUT2D eigenvalue weighted by molar-refractivity contribution is 6.74. The molecule has 0 aliphatic heterocycles. The Bertz CT molecular complexity index is 577. The van der Waals surface area contributed by atoms with Crippen LogP contribution in [0.1, 0.15) is 53.5 Å². The van der Waals surface area contributed by atoms with Crippen LogP contribution in [-0.2, 0) is 14.0 Å². The summed E-state index contributed by atoms with van der Waals surface area (Å²) in [6.07, 6.45) is 3.95. The number of hydrogen-bond donors (Lipinski definition) is 0. The Morgan fingerprint density at radius 3 is 2.12 bits per heavy atom. The van der Waals surface area contributed by atoms with E-state index in [0.29, 0.717) is 0 Å². The number of ether oxygens (including phenoxy) is 1. The standard InChI is InChI=1S/C21H34O3Si/c1-20(2,3)23-19(22)16-18(24-25(7,8)21(4,5)6)15-14-17-12-10-9-11-13-17/h9-15,18H,16H2,1-8H3/b15-14+. The van der Waals surface area contributed by atoms with Crippen molar-refractivity contribution in [1.29, 1.82) is 0 Å². The van der Waals surface area contributed by atoms with Crippen LogP contribution in [0.3, 0.4) is 0 Å². The normalized spacial score (nSPS) is 14.6. The van der Waals surface area contributed by atoms with Crippen molar-refractivity contribution in [2.45, 2.75) is 77.8 Å². The van der Waals surface area contributed by atoms with Gasteiger partial charge < -0.3 is 9.16 Å². The zero-order valence-corrected chi connectivity index (χ0v) is 18.1. The summed E-state index contributed by atoms with van der Waals surface area (Å²) in [6, 6.07) is 10.1. The first-order valence-electron chi connectivity index (χ1n) is 8.93. The Morgan fingerprint density at radius 2 is 1.64 bits per heavy atom. The minimum atomic E-state index is -1.99. The first kappa shape index (κ1) is 21.6. The van der Waals surface area contributed by atoms with E-state index in [0.717, 1.165) is 5.56 Å². The number of carbonyl (C=O) groups excluding carboxylic acids is 1. The predicted molar refractivity (Wildman–Crippen MR) is 108 cm³/mol. The molecule has 1 unspecified atom stereocenters. The highest BCUT2D eigenvalue weighted by Gasteiger charge is 2.39. The molecule has 0 aromatic heterocycles. The topological polar surface area (TPSA) is 35.5 Å². The van der Waals surface area contributed by atoms with Gasteiger partial charge in [0, 0.05) is 0 Å². The van der Waals surface area contributed by atoms with Crippen molar-refractivity contribution >= 4 is 20.4 Å².